The van der Waals surface area contributed by atoms with Crippen molar-refractivity contribution >= 4 is 18.1 Å². The van der Waals surface area contributed by atoms with E-state index >= 15 is 0 Å². The van der Waals surface area contributed by atoms with Gasteiger partial charge in [0.1, 0.15) is 0 Å². The van der Waals surface area contributed by atoms with Gasteiger partial charge in [-0.1, -0.05) is 19.3 Å². The molecular formula is C20H31NO6. The fourth-order valence-corrected chi connectivity index (χ4v) is 3.93. The second kappa shape index (κ2) is 11.2. The number of furan rings is 1. The highest BCUT2D eigenvalue weighted by atomic mass is 16.4. The van der Waals surface area contributed by atoms with Crippen LogP contribution in [0.3, 0.4) is 0 Å². The van der Waals surface area contributed by atoms with Gasteiger partial charge < -0.3 is 24.8 Å². The molecule has 0 saturated heterocycles. The summed E-state index contributed by atoms with van der Waals surface area (Å²) in [6.07, 6.45) is 7.02. The quantitative estimate of drug-likeness (QED) is 0.326. The van der Waals surface area contributed by atoms with Crippen LogP contribution in [0.1, 0.15) is 57.8 Å². The average Bonchev–Trinajstić information content (AvgIpc) is 3.22. The second-order valence-electron chi connectivity index (χ2n) is 7.42. The fourth-order valence-electron chi connectivity index (χ4n) is 3.93. The zero-order valence-electron chi connectivity index (χ0n) is 15.6. The summed E-state index contributed by atoms with van der Waals surface area (Å²) >= 11 is 0. The smallest absolute Gasteiger partial charge is 0.303 e. The molecule has 1 fully saturated rings. The first-order chi connectivity index (χ1) is 13.0. The van der Waals surface area contributed by atoms with E-state index in [1.54, 1.807) is 12.1 Å². The molecule has 27 heavy (non-hydrogen) atoms. The first kappa shape index (κ1) is 21.6. The maximum atomic E-state index is 10.5. The lowest BCUT2D eigenvalue weighted by atomic mass is 9.85. The highest BCUT2D eigenvalue weighted by molar-refractivity contribution is 5.66. The molecule has 4 N–H and O–H groups in total. The van der Waals surface area contributed by atoms with E-state index in [9.17, 15) is 20.1 Å². The van der Waals surface area contributed by atoms with E-state index in [0.717, 1.165) is 25.7 Å². The fraction of sp³-hybridized carbons (Fsp3) is 0.700. The number of hydrogen-bond donors (Lipinski definition) is 4. The van der Waals surface area contributed by atoms with Gasteiger partial charge in [-0.15, -0.1) is 0 Å². The lowest BCUT2D eigenvalue weighted by Crippen LogP contribution is -2.24. The van der Waals surface area contributed by atoms with Crippen molar-refractivity contribution in [3.8, 4) is 0 Å². The summed E-state index contributed by atoms with van der Waals surface area (Å²) in [5.74, 6) is -0.343. The van der Waals surface area contributed by atoms with Crippen LogP contribution in [-0.4, -0.2) is 50.9 Å². The van der Waals surface area contributed by atoms with E-state index in [-0.39, 0.29) is 18.3 Å². The molecule has 0 aromatic carbocycles. The molecule has 7 heteroatoms. The third-order valence-electron chi connectivity index (χ3n) is 5.38. The number of carboxylic acids is 1. The molecule has 1 saturated carbocycles. The Hall–Kier alpha value is -1.70. The van der Waals surface area contributed by atoms with Gasteiger partial charge in [0.25, 0.3) is 0 Å². The number of aliphatic carboxylic acids is 1. The highest BCUT2D eigenvalue weighted by Gasteiger charge is 2.40. The Morgan fingerprint density at radius 3 is 2.56 bits per heavy atom. The molecule has 0 radical (unpaired) electrons. The minimum Gasteiger partial charge on any atom is -0.481 e. The number of unbranched alkanes of at least 4 members (excludes halogenated alkanes) is 3. The molecule has 2 unspecified atom stereocenters. The monoisotopic (exact) mass is 381 g/mol. The van der Waals surface area contributed by atoms with Crippen LogP contribution in [0.15, 0.2) is 27.8 Å². The second-order valence-corrected chi connectivity index (χ2v) is 7.42. The van der Waals surface area contributed by atoms with Gasteiger partial charge in [0.05, 0.1) is 24.6 Å². The predicted molar refractivity (Wildman–Crippen MR) is 101 cm³/mol. The first-order valence-electron chi connectivity index (χ1n) is 9.81. The number of nitrogens with zero attached hydrogens (tertiary/aromatic N) is 1. The normalized spacial score (nSPS) is 26.6. The molecule has 1 aliphatic rings. The Kier molecular flexibility index (Phi) is 8.97. The molecular weight excluding hydrogens is 350 g/mol. The Morgan fingerprint density at radius 2 is 1.89 bits per heavy atom. The van der Waals surface area contributed by atoms with Crippen LogP contribution in [0.2, 0.25) is 0 Å². The summed E-state index contributed by atoms with van der Waals surface area (Å²) in [6, 6.07) is 3.42. The van der Waals surface area contributed by atoms with Gasteiger partial charge in [0, 0.05) is 18.7 Å². The third-order valence-corrected chi connectivity index (χ3v) is 5.38. The summed E-state index contributed by atoms with van der Waals surface area (Å²) in [5, 5.41) is 39.3. The van der Waals surface area contributed by atoms with Gasteiger partial charge in [-0.05, 0) is 50.0 Å². The van der Waals surface area contributed by atoms with Crippen LogP contribution in [0.4, 0.5) is 5.88 Å². The Morgan fingerprint density at radius 1 is 1.19 bits per heavy atom. The summed E-state index contributed by atoms with van der Waals surface area (Å²) in [7, 11) is 0. The molecule has 1 aromatic rings. The Bertz CT molecular complexity index is 573. The van der Waals surface area contributed by atoms with Gasteiger partial charge in [-0.3, -0.25) is 4.79 Å². The molecule has 1 heterocycles. The molecule has 1 aliphatic carbocycles. The SMILES string of the molecule is O=C(O)CCCCCC[C@@H]1C(CCC(O)C=Nc2ccco2)[C@H](O)C[C@@H]1O. The van der Waals surface area contributed by atoms with Crippen molar-refractivity contribution in [3.63, 3.8) is 0 Å². The zero-order valence-corrected chi connectivity index (χ0v) is 15.6. The van der Waals surface area contributed by atoms with Crippen molar-refractivity contribution in [2.24, 2.45) is 16.8 Å². The molecule has 0 spiro atoms. The average molecular weight is 381 g/mol. The van der Waals surface area contributed by atoms with Crippen LogP contribution in [0.5, 0.6) is 0 Å². The van der Waals surface area contributed by atoms with Crippen molar-refractivity contribution in [1.29, 1.82) is 0 Å². The molecule has 0 amide bonds. The summed E-state index contributed by atoms with van der Waals surface area (Å²) in [5.41, 5.74) is 0. The number of aliphatic imine (C=N–C) groups is 1. The predicted octanol–water partition coefficient (Wildman–Crippen LogP) is 2.91. The van der Waals surface area contributed by atoms with Gasteiger partial charge in [-0.25, -0.2) is 4.99 Å². The Labute approximate surface area is 159 Å². The largest absolute Gasteiger partial charge is 0.481 e. The number of carbonyl (C=O) groups is 1. The third kappa shape index (κ3) is 7.44. The van der Waals surface area contributed by atoms with Crippen LogP contribution < -0.4 is 0 Å². The maximum absolute atomic E-state index is 10.5. The lowest BCUT2D eigenvalue weighted by Gasteiger charge is -2.24. The zero-order chi connectivity index (χ0) is 19.6. The molecule has 7 nitrogen and oxygen atoms in total. The maximum Gasteiger partial charge on any atom is 0.303 e. The topological polar surface area (TPSA) is 123 Å². The first-order valence-corrected chi connectivity index (χ1v) is 9.81. The van der Waals surface area contributed by atoms with Gasteiger partial charge >= 0.3 is 5.97 Å². The number of hydrogen-bond acceptors (Lipinski definition) is 6. The van der Waals surface area contributed by atoms with Crippen molar-refractivity contribution < 1.29 is 29.6 Å². The number of aliphatic hydroxyl groups excluding tert-OH is 3. The van der Waals surface area contributed by atoms with Gasteiger partial charge in [0.2, 0.25) is 5.88 Å². The molecule has 0 bridgehead atoms. The minimum atomic E-state index is -0.765. The van der Waals surface area contributed by atoms with E-state index in [1.165, 1.54) is 12.5 Å². The molecule has 5 atom stereocenters. The van der Waals surface area contributed by atoms with E-state index in [1.807, 2.05) is 0 Å². The van der Waals surface area contributed by atoms with E-state index in [0.29, 0.717) is 31.6 Å². The number of aliphatic hydroxyl groups is 3. The lowest BCUT2D eigenvalue weighted by molar-refractivity contribution is -0.137. The summed E-state index contributed by atoms with van der Waals surface area (Å²) in [6.45, 7) is 0. The van der Waals surface area contributed by atoms with Crippen LogP contribution in [0, 0.1) is 11.8 Å². The molecule has 152 valence electrons. The summed E-state index contributed by atoms with van der Waals surface area (Å²) in [4.78, 5) is 14.6. The van der Waals surface area contributed by atoms with Gasteiger partial charge in [0.15, 0.2) is 0 Å². The van der Waals surface area contributed by atoms with Crippen LogP contribution in [-0.2, 0) is 4.79 Å². The van der Waals surface area contributed by atoms with Crippen molar-refractivity contribution in [1.82, 2.24) is 0 Å². The standard InChI is InChI=1S/C20H31NO6/c22-14(13-21-19-7-5-11-27-19)9-10-16-15(17(23)12-18(16)24)6-3-1-2-4-8-20(25)26/h5,7,11,13-18,22-24H,1-4,6,8-10,12H2,(H,25,26)/t14?,15-,16?,17+,18-/m1/s1. The van der Waals surface area contributed by atoms with Crippen molar-refractivity contribution in [2.45, 2.75) is 76.1 Å². The minimum absolute atomic E-state index is 0.0219. The van der Waals surface area contributed by atoms with Crippen molar-refractivity contribution in [3.05, 3.63) is 18.4 Å². The molecule has 0 aliphatic heterocycles. The Balaban J connectivity index is 1.72. The van der Waals surface area contributed by atoms with E-state index < -0.39 is 24.3 Å². The van der Waals surface area contributed by atoms with E-state index in [4.69, 9.17) is 9.52 Å². The van der Waals surface area contributed by atoms with Crippen LogP contribution >= 0.6 is 0 Å². The molecule has 2 rings (SSSR count). The number of rotatable bonds is 12. The van der Waals surface area contributed by atoms with E-state index in [2.05, 4.69) is 4.99 Å². The highest BCUT2D eigenvalue weighted by Crippen LogP contribution is 2.39. The van der Waals surface area contributed by atoms with Crippen molar-refractivity contribution in [2.75, 3.05) is 0 Å². The number of carboxylic acid groups (broad SMARTS) is 1. The molecule has 1 aromatic heterocycles. The summed E-state index contributed by atoms with van der Waals surface area (Å²) < 4.78 is 5.08. The van der Waals surface area contributed by atoms with Crippen LogP contribution in [0.25, 0.3) is 0 Å². The van der Waals surface area contributed by atoms with Gasteiger partial charge in [-0.2, -0.15) is 0 Å².